The van der Waals surface area contributed by atoms with Crippen LogP contribution in [0, 0.1) is 92.7 Å². The summed E-state index contributed by atoms with van der Waals surface area (Å²) in [6, 6.07) is 0. The summed E-state index contributed by atoms with van der Waals surface area (Å²) in [5, 5.41) is 43.3. The predicted molar refractivity (Wildman–Crippen MR) is 266 cm³/mol. The van der Waals surface area contributed by atoms with Crippen LogP contribution in [0.15, 0.2) is 0 Å². The molecular formula is C54H92FeN2O12S2. The van der Waals surface area contributed by atoms with E-state index in [1.54, 1.807) is 14.1 Å². The Bertz CT molecular complexity index is 1940. The Morgan fingerprint density at radius 3 is 1.20 bits per heavy atom. The molecule has 8 saturated carbocycles. The van der Waals surface area contributed by atoms with E-state index < -0.39 is 31.7 Å². The zero-order valence-corrected chi connectivity index (χ0v) is 47.1. The number of aliphatic hydroxyl groups is 4. The normalized spacial score (nSPS) is 43.5. The van der Waals surface area contributed by atoms with E-state index in [-0.39, 0.29) is 88.0 Å². The second kappa shape index (κ2) is 22.6. The Labute approximate surface area is 438 Å². The summed E-state index contributed by atoms with van der Waals surface area (Å²) in [6.07, 6.45) is 17.7. The summed E-state index contributed by atoms with van der Waals surface area (Å²) in [6.45, 7) is 14.1. The van der Waals surface area contributed by atoms with E-state index in [9.17, 15) is 56.0 Å². The van der Waals surface area contributed by atoms with Crippen LogP contribution < -0.4 is 0 Å². The first-order chi connectivity index (χ1) is 32.5. The van der Waals surface area contributed by atoms with Gasteiger partial charge in [-0.3, -0.25) is 9.59 Å². The SMILES string of the molecule is C[C@H](CCC(=O)N(C)CCS(=O)(=O)[O-])[C@H]1CCC2C3C(CC[C@@]21C)[C@@]1(C)CC[C@@H](O)CC1C[C@@H]3O.C[C@H](CCC(=O)N(C)CCS(=O)(=O)[O-])[C@H]1CCC2C3C(CC[C@@]21C)[C@@]1(C)CC[C@@H](O)CC1C[C@@H]3O.[Fe+2]. The van der Waals surface area contributed by atoms with Crippen LogP contribution in [0.5, 0.6) is 0 Å². The van der Waals surface area contributed by atoms with Gasteiger partial charge in [0.15, 0.2) is 0 Å². The molecule has 0 radical (unpaired) electrons. The third kappa shape index (κ3) is 12.3. The molecule has 8 rings (SSSR count). The van der Waals surface area contributed by atoms with Crippen LogP contribution in [0.25, 0.3) is 0 Å². The number of hydrogen-bond donors (Lipinski definition) is 4. The zero-order valence-electron chi connectivity index (χ0n) is 44.3. The van der Waals surface area contributed by atoms with Crippen LogP contribution in [-0.4, -0.2) is 131 Å². The molecule has 0 heterocycles. The fourth-order valence-corrected chi connectivity index (χ4v) is 19.6. The van der Waals surface area contributed by atoms with Crippen LogP contribution in [0.4, 0.5) is 0 Å². The standard InChI is InChI=1S/2C27H47NO6S.Fe/c2*1-17(5-8-24(31)28(4)13-14-35(32,33)34)20-6-7-21-25-22(10-12-27(20,21)3)26(2)11-9-19(29)15-18(26)16-23(25)30;/h2*17-23,25,29-30H,5-16H2,1-4H3,(H,32,33,34);/q;;+2/p-2/t2*17-,18?,19-,20-,21?,22?,23+,25?,26+,27-;/m11./s1. The van der Waals surface area contributed by atoms with Crippen molar-refractivity contribution < 1.29 is 73.0 Å². The molecule has 2 amide bonds. The first kappa shape index (κ1) is 59.4. The molecule has 20 atom stereocenters. The van der Waals surface area contributed by atoms with Gasteiger partial charge in [0.2, 0.25) is 11.8 Å². The van der Waals surface area contributed by atoms with Crippen LogP contribution in [-0.2, 0) is 46.9 Å². The Hall–Kier alpha value is -0.881. The van der Waals surface area contributed by atoms with E-state index in [2.05, 4.69) is 41.5 Å². The molecule has 0 saturated heterocycles. The minimum absolute atomic E-state index is 0. The van der Waals surface area contributed by atoms with Crippen molar-refractivity contribution in [2.45, 2.75) is 194 Å². The van der Waals surface area contributed by atoms with Crippen molar-refractivity contribution in [2.24, 2.45) is 92.7 Å². The third-order valence-electron chi connectivity index (χ3n) is 22.7. The molecule has 8 aliphatic rings. The molecule has 0 bridgehead atoms. The van der Waals surface area contributed by atoms with Gasteiger partial charge in [-0.2, -0.15) is 0 Å². The zero-order chi connectivity index (χ0) is 51.5. The van der Waals surface area contributed by atoms with Gasteiger partial charge in [0, 0.05) is 40.0 Å². The number of hydrogen-bond acceptors (Lipinski definition) is 12. The molecule has 4 N–H and O–H groups in total. The van der Waals surface area contributed by atoms with Gasteiger partial charge in [0.05, 0.1) is 56.2 Å². The Balaban J connectivity index is 0.000000229. The minimum atomic E-state index is -4.32. The van der Waals surface area contributed by atoms with Gasteiger partial charge in [0.25, 0.3) is 0 Å². The fraction of sp³-hybridized carbons (Fsp3) is 0.963. The average molecular weight is 1080 g/mol. The van der Waals surface area contributed by atoms with E-state index in [1.807, 2.05) is 0 Å². The molecule has 14 nitrogen and oxygen atoms in total. The second-order valence-corrected chi connectivity index (χ2v) is 29.1. The van der Waals surface area contributed by atoms with Crippen LogP contribution in [0.3, 0.4) is 0 Å². The number of rotatable bonds is 14. The fourth-order valence-electron chi connectivity index (χ4n) is 18.6. The first-order valence-corrected chi connectivity index (χ1v) is 30.7. The van der Waals surface area contributed by atoms with Crippen LogP contribution in [0.1, 0.15) is 170 Å². The first-order valence-electron chi connectivity index (χ1n) is 27.6. The maximum absolute atomic E-state index is 12.5. The maximum Gasteiger partial charge on any atom is 2.00 e. The number of carbonyl (C=O) groups excluding carboxylic acids is 2. The summed E-state index contributed by atoms with van der Waals surface area (Å²) >= 11 is 0. The predicted octanol–water partition coefficient (Wildman–Crippen LogP) is 6.79. The van der Waals surface area contributed by atoms with Crippen molar-refractivity contribution in [2.75, 3.05) is 38.7 Å². The van der Waals surface area contributed by atoms with Crippen molar-refractivity contribution >= 4 is 32.1 Å². The average Bonchev–Trinajstić information content (AvgIpc) is 3.83. The van der Waals surface area contributed by atoms with Crippen molar-refractivity contribution in [1.82, 2.24) is 9.80 Å². The Kier molecular flexibility index (Phi) is 18.9. The molecular weight excluding hydrogens is 989 g/mol. The van der Waals surface area contributed by atoms with Gasteiger partial charge < -0.3 is 39.3 Å². The van der Waals surface area contributed by atoms with Gasteiger partial charge in [-0.15, -0.1) is 0 Å². The van der Waals surface area contributed by atoms with E-state index in [0.29, 0.717) is 83.9 Å². The van der Waals surface area contributed by atoms with Crippen molar-refractivity contribution in [3.8, 4) is 0 Å². The summed E-state index contributed by atoms with van der Waals surface area (Å²) in [5.74, 6) is 4.06. The number of fused-ring (bicyclic) bond motifs is 10. The number of aliphatic hydroxyl groups excluding tert-OH is 4. The second-order valence-electron chi connectivity index (χ2n) is 26.1. The van der Waals surface area contributed by atoms with E-state index in [1.165, 1.54) is 22.6 Å². The van der Waals surface area contributed by atoms with E-state index in [4.69, 9.17) is 0 Å². The maximum atomic E-state index is 12.5. The molecule has 8 fully saturated rings. The monoisotopic (exact) mass is 1080 g/mol. The van der Waals surface area contributed by atoms with E-state index in [0.717, 1.165) is 103 Å². The molecule has 71 heavy (non-hydrogen) atoms. The van der Waals surface area contributed by atoms with Gasteiger partial charge in [-0.25, -0.2) is 16.8 Å². The summed E-state index contributed by atoms with van der Waals surface area (Å²) in [4.78, 5) is 27.8. The molecule has 0 aromatic heterocycles. The number of amides is 2. The quantitative estimate of drug-likeness (QED) is 0.104. The topological polar surface area (TPSA) is 236 Å². The largest absolute Gasteiger partial charge is 2.00 e. The summed E-state index contributed by atoms with van der Waals surface area (Å²) < 4.78 is 65.3. The van der Waals surface area contributed by atoms with Crippen LogP contribution >= 0.6 is 0 Å². The number of nitrogens with zero attached hydrogens (tertiary/aromatic N) is 2. The smallest absolute Gasteiger partial charge is 0.748 e. The molecule has 0 aliphatic heterocycles. The molecule has 0 aromatic carbocycles. The van der Waals surface area contributed by atoms with Crippen molar-refractivity contribution in [3.05, 3.63) is 0 Å². The van der Waals surface area contributed by atoms with E-state index >= 15 is 0 Å². The van der Waals surface area contributed by atoms with Gasteiger partial charge in [-0.05, 0) is 208 Å². The minimum Gasteiger partial charge on any atom is -0.748 e. The third-order valence-corrected chi connectivity index (χ3v) is 24.0. The van der Waals surface area contributed by atoms with Gasteiger partial charge in [0.1, 0.15) is 0 Å². The molecule has 0 spiro atoms. The van der Waals surface area contributed by atoms with Crippen LogP contribution in [0.2, 0.25) is 0 Å². The summed E-state index contributed by atoms with van der Waals surface area (Å²) in [5.41, 5.74) is 0.792. The number of carbonyl (C=O) groups is 2. The Morgan fingerprint density at radius 2 is 0.859 bits per heavy atom. The van der Waals surface area contributed by atoms with Gasteiger partial charge in [-0.1, -0.05) is 41.5 Å². The summed E-state index contributed by atoms with van der Waals surface area (Å²) in [7, 11) is -5.52. The van der Waals surface area contributed by atoms with Crippen molar-refractivity contribution in [3.63, 3.8) is 0 Å². The molecule has 17 heteroatoms. The molecule has 0 aromatic rings. The van der Waals surface area contributed by atoms with Gasteiger partial charge >= 0.3 is 17.1 Å². The van der Waals surface area contributed by atoms with Crippen molar-refractivity contribution in [1.29, 1.82) is 0 Å². The molecule has 8 unspecified atom stereocenters. The molecule has 8 aliphatic carbocycles. The molecule has 410 valence electrons. The Morgan fingerprint density at radius 1 is 0.535 bits per heavy atom.